The predicted octanol–water partition coefficient (Wildman–Crippen LogP) is 3.57. The van der Waals surface area contributed by atoms with Gasteiger partial charge in [-0.25, -0.2) is 5.01 Å². The van der Waals surface area contributed by atoms with Crippen molar-refractivity contribution in [3.63, 3.8) is 0 Å². The van der Waals surface area contributed by atoms with E-state index in [0.29, 0.717) is 49.1 Å². The monoisotopic (exact) mass is 465 g/mol. The molecule has 1 atom stereocenters. The van der Waals surface area contributed by atoms with Gasteiger partial charge in [0.15, 0.2) is 6.61 Å². The van der Waals surface area contributed by atoms with E-state index in [1.807, 2.05) is 47.8 Å². The molecular formula is C24H23N3O5S. The molecule has 0 radical (unpaired) electrons. The average molecular weight is 466 g/mol. The van der Waals surface area contributed by atoms with Gasteiger partial charge in [0, 0.05) is 19.5 Å². The van der Waals surface area contributed by atoms with E-state index in [1.165, 1.54) is 16.3 Å². The summed E-state index contributed by atoms with van der Waals surface area (Å²) in [5.74, 6) is 1.10. The molecule has 5 rings (SSSR count). The normalized spacial score (nSPS) is 18.3. The first-order chi connectivity index (χ1) is 16.2. The van der Waals surface area contributed by atoms with Crippen LogP contribution < -0.4 is 4.74 Å². The molecule has 0 aliphatic carbocycles. The Labute approximate surface area is 195 Å². The Bertz CT molecular complexity index is 1120. The lowest BCUT2D eigenvalue weighted by Crippen LogP contribution is -2.42. The van der Waals surface area contributed by atoms with Gasteiger partial charge in [-0.1, -0.05) is 6.07 Å². The third-order valence-electron chi connectivity index (χ3n) is 5.64. The van der Waals surface area contributed by atoms with Crippen molar-refractivity contribution in [2.24, 2.45) is 5.10 Å². The number of hydrogen-bond acceptors (Lipinski definition) is 7. The van der Waals surface area contributed by atoms with E-state index in [9.17, 15) is 9.59 Å². The van der Waals surface area contributed by atoms with Crippen LogP contribution in [0, 0.1) is 0 Å². The topological polar surface area (TPSA) is 84.6 Å². The van der Waals surface area contributed by atoms with Crippen LogP contribution in [0.1, 0.15) is 33.5 Å². The Morgan fingerprint density at radius 1 is 1.09 bits per heavy atom. The molecule has 0 spiro atoms. The van der Waals surface area contributed by atoms with Crippen LogP contribution in [0.4, 0.5) is 0 Å². The zero-order chi connectivity index (χ0) is 22.6. The molecule has 9 heteroatoms. The lowest BCUT2D eigenvalue weighted by atomic mass is 10.0. The molecule has 0 N–H and O–H groups in total. The highest BCUT2D eigenvalue weighted by Crippen LogP contribution is 2.35. The van der Waals surface area contributed by atoms with Crippen molar-refractivity contribution >= 4 is 28.9 Å². The first kappa shape index (κ1) is 21.4. The quantitative estimate of drug-likeness (QED) is 0.556. The van der Waals surface area contributed by atoms with Gasteiger partial charge in [0.2, 0.25) is 0 Å². The average Bonchev–Trinajstić information content (AvgIpc) is 3.64. The summed E-state index contributed by atoms with van der Waals surface area (Å²) < 4.78 is 16.5. The second kappa shape index (κ2) is 9.60. The molecule has 2 aliphatic heterocycles. The van der Waals surface area contributed by atoms with Gasteiger partial charge in [-0.15, -0.1) is 11.3 Å². The van der Waals surface area contributed by atoms with Crippen LogP contribution in [0.25, 0.3) is 0 Å². The van der Waals surface area contributed by atoms with Crippen molar-refractivity contribution < 1.29 is 23.5 Å². The van der Waals surface area contributed by atoms with Crippen LogP contribution in [0.5, 0.6) is 5.75 Å². The zero-order valence-corrected chi connectivity index (χ0v) is 18.7. The lowest BCUT2D eigenvalue weighted by Gasteiger charge is -2.26. The van der Waals surface area contributed by atoms with Crippen molar-refractivity contribution in [1.82, 2.24) is 9.91 Å². The molecule has 0 saturated carbocycles. The van der Waals surface area contributed by atoms with Crippen molar-refractivity contribution in [2.75, 3.05) is 32.9 Å². The van der Waals surface area contributed by atoms with Gasteiger partial charge in [-0.05, 0) is 53.4 Å². The molecule has 170 valence electrons. The van der Waals surface area contributed by atoms with Gasteiger partial charge in [-0.2, -0.15) is 5.10 Å². The molecule has 0 bridgehead atoms. The predicted molar refractivity (Wildman–Crippen MR) is 122 cm³/mol. The first-order valence-corrected chi connectivity index (χ1v) is 11.6. The molecule has 2 aliphatic rings. The highest BCUT2D eigenvalue weighted by molar-refractivity contribution is 7.12. The number of carbonyl (C=O) groups excluding carboxylic acids is 2. The molecule has 2 aromatic heterocycles. The minimum Gasteiger partial charge on any atom is -0.484 e. The lowest BCUT2D eigenvalue weighted by molar-refractivity contribution is -0.137. The molecule has 8 nitrogen and oxygen atoms in total. The van der Waals surface area contributed by atoms with Gasteiger partial charge >= 0.3 is 0 Å². The Balaban J connectivity index is 1.28. The van der Waals surface area contributed by atoms with Gasteiger partial charge in [0.05, 0.1) is 30.1 Å². The minimum absolute atomic E-state index is 0.00997. The summed E-state index contributed by atoms with van der Waals surface area (Å²) >= 11 is 1.39. The van der Waals surface area contributed by atoms with Gasteiger partial charge in [0.25, 0.3) is 11.8 Å². The minimum atomic E-state index is -0.299. The van der Waals surface area contributed by atoms with E-state index in [-0.39, 0.29) is 24.5 Å². The highest BCUT2D eigenvalue weighted by atomic mass is 32.1. The van der Waals surface area contributed by atoms with Crippen LogP contribution in [0.15, 0.2) is 69.7 Å². The third-order valence-corrected chi connectivity index (χ3v) is 6.49. The Morgan fingerprint density at radius 3 is 2.61 bits per heavy atom. The van der Waals surface area contributed by atoms with Crippen molar-refractivity contribution in [3.05, 3.63) is 76.4 Å². The summed E-state index contributed by atoms with van der Waals surface area (Å²) in [6.45, 7) is 2.31. The fourth-order valence-electron chi connectivity index (χ4n) is 3.88. The molecule has 1 fully saturated rings. The van der Waals surface area contributed by atoms with E-state index < -0.39 is 0 Å². The molecule has 4 heterocycles. The maximum Gasteiger partial charge on any atom is 0.284 e. The van der Waals surface area contributed by atoms with Crippen LogP contribution in [-0.2, 0) is 9.53 Å². The number of ether oxygens (including phenoxy) is 2. The fraction of sp³-hybridized carbons (Fsp3) is 0.292. The fourth-order valence-corrected chi connectivity index (χ4v) is 4.54. The summed E-state index contributed by atoms with van der Waals surface area (Å²) in [4.78, 5) is 27.7. The van der Waals surface area contributed by atoms with Crippen LogP contribution >= 0.6 is 11.3 Å². The first-order valence-electron chi connectivity index (χ1n) is 10.8. The van der Waals surface area contributed by atoms with Gasteiger partial charge in [0.1, 0.15) is 17.6 Å². The number of morpholine rings is 1. The number of amides is 2. The second-order valence-corrected chi connectivity index (χ2v) is 8.66. The number of rotatable bonds is 6. The van der Waals surface area contributed by atoms with Crippen molar-refractivity contribution in [3.8, 4) is 5.75 Å². The summed E-state index contributed by atoms with van der Waals surface area (Å²) in [6, 6.07) is 14.4. The zero-order valence-electron chi connectivity index (χ0n) is 17.9. The molecule has 33 heavy (non-hydrogen) atoms. The highest BCUT2D eigenvalue weighted by Gasteiger charge is 2.35. The standard InChI is InChI=1S/C24H23N3O5S/c28-23(26-9-12-30-13-10-26)16-32-18-7-5-17(6-8-18)19-15-20(21-3-1-11-31-21)27(25-19)24(29)22-4-2-14-33-22/h1-8,11,14,20H,9-10,12-13,15-16H2/t20-/m1/s1. The summed E-state index contributed by atoms with van der Waals surface area (Å²) in [6.07, 6.45) is 2.14. The number of hydrogen-bond donors (Lipinski definition) is 0. The van der Waals surface area contributed by atoms with E-state index in [2.05, 4.69) is 5.10 Å². The molecule has 3 aromatic rings. The number of carbonyl (C=O) groups is 2. The molecule has 0 unspecified atom stereocenters. The van der Waals surface area contributed by atoms with E-state index in [4.69, 9.17) is 13.9 Å². The summed E-state index contributed by atoms with van der Waals surface area (Å²) in [5.41, 5.74) is 1.68. The summed E-state index contributed by atoms with van der Waals surface area (Å²) in [5, 5.41) is 8.03. The number of hydrazone groups is 1. The van der Waals surface area contributed by atoms with Gasteiger partial charge < -0.3 is 18.8 Å². The Hall–Kier alpha value is -3.43. The SMILES string of the molecule is O=C(COc1ccc(C2=NN(C(=O)c3cccs3)[C@@H](c3ccco3)C2)cc1)N1CCOCC1. The smallest absolute Gasteiger partial charge is 0.284 e. The van der Waals surface area contributed by atoms with Crippen LogP contribution in [0.3, 0.4) is 0 Å². The third kappa shape index (κ3) is 4.69. The van der Waals surface area contributed by atoms with Crippen LogP contribution in [0.2, 0.25) is 0 Å². The van der Waals surface area contributed by atoms with E-state index in [1.54, 1.807) is 17.2 Å². The maximum atomic E-state index is 13.0. The Kier molecular flexibility index (Phi) is 6.23. The number of furan rings is 1. The molecule has 2 amide bonds. The largest absolute Gasteiger partial charge is 0.484 e. The van der Waals surface area contributed by atoms with Crippen LogP contribution in [-0.4, -0.2) is 60.3 Å². The Morgan fingerprint density at radius 2 is 1.91 bits per heavy atom. The van der Waals surface area contributed by atoms with Crippen molar-refractivity contribution in [1.29, 1.82) is 0 Å². The molecule has 1 saturated heterocycles. The number of benzene rings is 1. The van der Waals surface area contributed by atoms with E-state index >= 15 is 0 Å². The molecule has 1 aromatic carbocycles. The number of thiophene rings is 1. The number of nitrogens with zero attached hydrogens (tertiary/aromatic N) is 3. The van der Waals surface area contributed by atoms with Crippen molar-refractivity contribution in [2.45, 2.75) is 12.5 Å². The maximum absolute atomic E-state index is 13.0. The molecular weight excluding hydrogens is 442 g/mol. The second-order valence-electron chi connectivity index (χ2n) is 7.72. The summed E-state index contributed by atoms with van der Waals surface area (Å²) in [7, 11) is 0. The van der Waals surface area contributed by atoms with E-state index in [0.717, 1.165) is 11.3 Å². The van der Waals surface area contributed by atoms with Gasteiger partial charge in [-0.3, -0.25) is 9.59 Å².